The molecule has 6 heteroatoms. The Morgan fingerprint density at radius 1 is 1.00 bits per heavy atom. The fourth-order valence-corrected chi connectivity index (χ4v) is 4.33. The highest BCUT2D eigenvalue weighted by Crippen LogP contribution is 2.26. The van der Waals surface area contributed by atoms with Crippen molar-refractivity contribution in [3.63, 3.8) is 0 Å². The zero-order valence-electron chi connectivity index (χ0n) is 14.8. The molecule has 24 heavy (non-hydrogen) atoms. The Hall–Kier alpha value is -1.14. The number of nitrogens with zero attached hydrogens (tertiary/aromatic N) is 2. The molecule has 0 aromatic heterocycles. The molecule has 0 aromatic carbocycles. The maximum Gasteiger partial charge on any atom is 0.242 e. The molecule has 136 valence electrons. The number of carbonyl (C=O) groups excluding carboxylic acids is 2. The lowest BCUT2D eigenvalue weighted by Gasteiger charge is -2.32. The van der Waals surface area contributed by atoms with Gasteiger partial charge in [0.15, 0.2) is 0 Å². The van der Waals surface area contributed by atoms with Crippen LogP contribution in [0.25, 0.3) is 0 Å². The first kappa shape index (κ1) is 17.7. The van der Waals surface area contributed by atoms with Gasteiger partial charge in [0.25, 0.3) is 0 Å². The number of hydrogen-bond donors (Lipinski definition) is 2. The second-order valence-electron chi connectivity index (χ2n) is 7.55. The predicted octanol–water partition coefficient (Wildman–Crippen LogP) is 0.579. The molecule has 3 fully saturated rings. The summed E-state index contributed by atoms with van der Waals surface area (Å²) in [4.78, 5) is 28.8. The van der Waals surface area contributed by atoms with Crippen LogP contribution in [0.2, 0.25) is 0 Å². The SMILES string of the molecule is O=C(CC1CCCCC1)NCC(=O)N1CCC(N2CCNCC2)C1. The maximum atomic E-state index is 12.4. The number of amides is 2. The van der Waals surface area contributed by atoms with Gasteiger partial charge in [0.2, 0.25) is 11.8 Å². The van der Waals surface area contributed by atoms with E-state index in [9.17, 15) is 9.59 Å². The highest BCUT2D eigenvalue weighted by atomic mass is 16.2. The van der Waals surface area contributed by atoms with Gasteiger partial charge in [-0.1, -0.05) is 19.3 Å². The Kier molecular flexibility index (Phi) is 6.49. The third kappa shape index (κ3) is 4.93. The van der Waals surface area contributed by atoms with Gasteiger partial charge in [-0.3, -0.25) is 14.5 Å². The number of nitrogens with one attached hydrogen (secondary N) is 2. The van der Waals surface area contributed by atoms with Crippen LogP contribution in [0, 0.1) is 5.92 Å². The smallest absolute Gasteiger partial charge is 0.242 e. The van der Waals surface area contributed by atoms with Crippen LogP contribution < -0.4 is 10.6 Å². The van der Waals surface area contributed by atoms with Crippen LogP contribution in [-0.4, -0.2) is 73.5 Å². The summed E-state index contributed by atoms with van der Waals surface area (Å²) in [5.74, 6) is 0.649. The molecule has 3 rings (SSSR count). The van der Waals surface area contributed by atoms with Crippen LogP contribution in [0.3, 0.4) is 0 Å². The summed E-state index contributed by atoms with van der Waals surface area (Å²) in [6.45, 7) is 6.04. The molecule has 2 heterocycles. The summed E-state index contributed by atoms with van der Waals surface area (Å²) in [6, 6.07) is 0.494. The van der Waals surface area contributed by atoms with Crippen molar-refractivity contribution in [2.75, 3.05) is 45.8 Å². The van der Waals surface area contributed by atoms with Crippen LogP contribution in [0.15, 0.2) is 0 Å². The minimum absolute atomic E-state index is 0.0492. The van der Waals surface area contributed by atoms with Gasteiger partial charge in [0.1, 0.15) is 0 Å². The molecule has 0 radical (unpaired) electrons. The molecular formula is C18H32N4O2. The Morgan fingerprint density at radius 2 is 1.75 bits per heavy atom. The first-order chi connectivity index (χ1) is 11.7. The quantitative estimate of drug-likeness (QED) is 0.771. The zero-order valence-corrected chi connectivity index (χ0v) is 14.8. The monoisotopic (exact) mass is 336 g/mol. The summed E-state index contributed by atoms with van der Waals surface area (Å²) < 4.78 is 0. The van der Waals surface area contributed by atoms with Crippen LogP contribution in [0.5, 0.6) is 0 Å². The highest BCUT2D eigenvalue weighted by Gasteiger charge is 2.30. The third-order valence-electron chi connectivity index (χ3n) is 5.82. The van der Waals surface area contributed by atoms with Crippen molar-refractivity contribution < 1.29 is 9.59 Å². The number of hydrogen-bond acceptors (Lipinski definition) is 4. The molecule has 2 N–H and O–H groups in total. The minimum Gasteiger partial charge on any atom is -0.347 e. The lowest BCUT2D eigenvalue weighted by molar-refractivity contribution is -0.132. The van der Waals surface area contributed by atoms with Gasteiger partial charge in [0.05, 0.1) is 6.54 Å². The highest BCUT2D eigenvalue weighted by molar-refractivity contribution is 5.85. The van der Waals surface area contributed by atoms with Crippen LogP contribution >= 0.6 is 0 Å². The summed E-state index contributed by atoms with van der Waals surface area (Å²) in [5.41, 5.74) is 0. The Labute approximate surface area is 145 Å². The number of carbonyl (C=O) groups is 2. The molecule has 1 atom stereocenters. The second-order valence-corrected chi connectivity index (χ2v) is 7.55. The van der Waals surface area contributed by atoms with Gasteiger partial charge in [-0.15, -0.1) is 0 Å². The van der Waals surface area contributed by atoms with Crippen molar-refractivity contribution in [2.24, 2.45) is 5.92 Å². The summed E-state index contributed by atoms with van der Waals surface area (Å²) in [7, 11) is 0. The van der Waals surface area contributed by atoms with E-state index < -0.39 is 0 Å². The molecule has 0 bridgehead atoms. The van der Waals surface area contributed by atoms with Crippen molar-refractivity contribution in [1.29, 1.82) is 0 Å². The van der Waals surface area contributed by atoms with Gasteiger partial charge in [0, 0.05) is 51.7 Å². The van der Waals surface area contributed by atoms with E-state index in [1.54, 1.807) is 0 Å². The molecule has 1 aliphatic carbocycles. The normalized spacial score (nSPS) is 26.5. The van der Waals surface area contributed by atoms with Gasteiger partial charge < -0.3 is 15.5 Å². The molecule has 2 amide bonds. The van der Waals surface area contributed by atoms with E-state index >= 15 is 0 Å². The van der Waals surface area contributed by atoms with Crippen molar-refractivity contribution >= 4 is 11.8 Å². The third-order valence-corrected chi connectivity index (χ3v) is 5.82. The molecule has 2 aliphatic heterocycles. The topological polar surface area (TPSA) is 64.7 Å². The fraction of sp³-hybridized carbons (Fsp3) is 0.889. The molecule has 6 nitrogen and oxygen atoms in total. The summed E-state index contributed by atoms with van der Waals surface area (Å²) in [5, 5.41) is 6.22. The molecule has 1 saturated carbocycles. The molecule has 3 aliphatic rings. The minimum atomic E-state index is 0.0492. The van der Waals surface area contributed by atoms with Crippen LogP contribution in [-0.2, 0) is 9.59 Å². The van der Waals surface area contributed by atoms with Crippen LogP contribution in [0.4, 0.5) is 0 Å². The van der Waals surface area contributed by atoms with E-state index in [1.807, 2.05) is 4.90 Å². The first-order valence-electron chi connectivity index (χ1n) is 9.71. The van der Waals surface area contributed by atoms with E-state index in [0.717, 1.165) is 45.7 Å². The lowest BCUT2D eigenvalue weighted by Crippen LogP contribution is -2.49. The summed E-state index contributed by atoms with van der Waals surface area (Å²) in [6.07, 6.45) is 7.79. The van der Waals surface area contributed by atoms with Gasteiger partial charge in [-0.05, 0) is 25.2 Å². The van der Waals surface area contributed by atoms with E-state index in [0.29, 0.717) is 18.4 Å². The average molecular weight is 336 g/mol. The van der Waals surface area contributed by atoms with Crippen molar-refractivity contribution in [2.45, 2.75) is 51.0 Å². The van der Waals surface area contributed by atoms with Gasteiger partial charge in [-0.25, -0.2) is 0 Å². The number of piperazine rings is 1. The van der Waals surface area contributed by atoms with Gasteiger partial charge in [-0.2, -0.15) is 0 Å². The van der Waals surface area contributed by atoms with E-state index in [2.05, 4.69) is 15.5 Å². The first-order valence-corrected chi connectivity index (χ1v) is 9.71. The van der Waals surface area contributed by atoms with E-state index in [4.69, 9.17) is 0 Å². The van der Waals surface area contributed by atoms with Crippen LogP contribution in [0.1, 0.15) is 44.9 Å². The largest absolute Gasteiger partial charge is 0.347 e. The van der Waals surface area contributed by atoms with Crippen molar-refractivity contribution in [1.82, 2.24) is 20.4 Å². The maximum absolute atomic E-state index is 12.4. The molecule has 1 unspecified atom stereocenters. The Bertz CT molecular complexity index is 431. The van der Waals surface area contributed by atoms with E-state index in [1.165, 1.54) is 32.1 Å². The molecule has 0 spiro atoms. The zero-order chi connectivity index (χ0) is 16.8. The molecular weight excluding hydrogens is 304 g/mol. The fourth-order valence-electron chi connectivity index (χ4n) is 4.33. The standard InChI is InChI=1S/C18H32N4O2/c23-17(12-15-4-2-1-3-5-15)20-13-18(24)22-9-6-16(14-22)21-10-7-19-8-11-21/h15-16,19H,1-14H2,(H,20,23). The molecule has 2 saturated heterocycles. The number of rotatable bonds is 5. The predicted molar refractivity (Wildman–Crippen MR) is 93.6 cm³/mol. The molecule has 0 aromatic rings. The lowest BCUT2D eigenvalue weighted by atomic mass is 9.87. The van der Waals surface area contributed by atoms with Crippen molar-refractivity contribution in [3.05, 3.63) is 0 Å². The Balaban J connectivity index is 1.35. The second kappa shape index (κ2) is 8.81. The van der Waals surface area contributed by atoms with Crippen molar-refractivity contribution in [3.8, 4) is 0 Å². The Morgan fingerprint density at radius 3 is 2.50 bits per heavy atom. The van der Waals surface area contributed by atoms with E-state index in [-0.39, 0.29) is 18.4 Å². The van der Waals surface area contributed by atoms with Gasteiger partial charge >= 0.3 is 0 Å². The number of likely N-dealkylation sites (tertiary alicyclic amines) is 1. The average Bonchev–Trinajstić information content (AvgIpc) is 3.11. The summed E-state index contributed by atoms with van der Waals surface area (Å²) >= 11 is 0.